The van der Waals surface area contributed by atoms with E-state index < -0.39 is 5.97 Å². The first kappa shape index (κ1) is 13.9. The van der Waals surface area contributed by atoms with E-state index in [0.717, 1.165) is 5.02 Å². The van der Waals surface area contributed by atoms with Crippen molar-refractivity contribution < 1.29 is 9.90 Å². The van der Waals surface area contributed by atoms with Crippen LogP contribution in [0.4, 0.5) is 0 Å². The maximum atomic E-state index is 9.91. The minimum atomic E-state index is -0.775. The Hall–Kier alpha value is -1.06. The van der Waals surface area contributed by atoms with Gasteiger partial charge in [-0.05, 0) is 24.6 Å². The van der Waals surface area contributed by atoms with E-state index in [2.05, 4.69) is 0 Å². The molecule has 0 aliphatic rings. The van der Waals surface area contributed by atoms with Crippen LogP contribution in [0.3, 0.4) is 0 Å². The maximum Gasteiger partial charge on any atom is 0.303 e. The summed E-state index contributed by atoms with van der Waals surface area (Å²) in [6, 6.07) is 9.44. The summed E-state index contributed by atoms with van der Waals surface area (Å²) in [5.74, 6) is -0.671. The van der Waals surface area contributed by atoms with Gasteiger partial charge in [0.15, 0.2) is 0 Å². The van der Waals surface area contributed by atoms with Crippen molar-refractivity contribution in [2.45, 2.75) is 13.3 Å². The largest absolute Gasteiger partial charge is 0.481 e. The molecule has 1 aromatic carbocycles. The highest BCUT2D eigenvalue weighted by Gasteiger charge is 2.03. The molecule has 3 nitrogen and oxygen atoms in total. The van der Waals surface area contributed by atoms with E-state index in [0.29, 0.717) is 6.54 Å². The standard InChI is InChI=1S/C6H5Cl.C5H11NO2/c7-6-4-2-1-3-5-6;1-4(3-6)2-5(7)8/h1-5H;4H,2-3,6H2,1H3,(H,7,8). The second kappa shape index (κ2) is 8.26. The average Bonchev–Trinajstić information content (AvgIpc) is 2.19. The van der Waals surface area contributed by atoms with Gasteiger partial charge in [-0.3, -0.25) is 4.79 Å². The minimum Gasteiger partial charge on any atom is -0.481 e. The van der Waals surface area contributed by atoms with Gasteiger partial charge in [0.2, 0.25) is 0 Å². The lowest BCUT2D eigenvalue weighted by Gasteiger charge is -2.00. The maximum absolute atomic E-state index is 9.91. The van der Waals surface area contributed by atoms with Gasteiger partial charge >= 0.3 is 5.97 Å². The molecule has 0 radical (unpaired) electrons. The molecular formula is C11H16ClNO2. The summed E-state index contributed by atoms with van der Waals surface area (Å²) in [4.78, 5) is 9.91. The molecule has 0 fully saturated rings. The Kier molecular flexibility index (Phi) is 7.68. The van der Waals surface area contributed by atoms with Gasteiger partial charge in [-0.2, -0.15) is 0 Å². The van der Waals surface area contributed by atoms with Gasteiger partial charge in [-0.1, -0.05) is 36.7 Å². The molecule has 3 N–H and O–H groups in total. The van der Waals surface area contributed by atoms with Crippen LogP contribution in [0, 0.1) is 5.92 Å². The summed E-state index contributed by atoms with van der Waals surface area (Å²) < 4.78 is 0. The first-order chi connectivity index (χ1) is 7.06. The zero-order valence-corrected chi connectivity index (χ0v) is 9.45. The first-order valence-electron chi connectivity index (χ1n) is 4.68. The van der Waals surface area contributed by atoms with Crippen LogP contribution >= 0.6 is 11.6 Å². The average molecular weight is 230 g/mol. The van der Waals surface area contributed by atoms with E-state index in [1.807, 2.05) is 37.3 Å². The van der Waals surface area contributed by atoms with Crippen molar-refractivity contribution in [3.05, 3.63) is 35.4 Å². The third-order valence-electron chi connectivity index (χ3n) is 1.66. The van der Waals surface area contributed by atoms with Gasteiger partial charge in [0.05, 0.1) is 0 Å². The van der Waals surface area contributed by atoms with Crippen LogP contribution in [-0.2, 0) is 4.79 Å². The van der Waals surface area contributed by atoms with Crippen molar-refractivity contribution in [3.63, 3.8) is 0 Å². The molecule has 0 aliphatic heterocycles. The Bertz CT molecular complexity index is 277. The number of benzene rings is 1. The Labute approximate surface area is 94.9 Å². The molecule has 0 aromatic heterocycles. The van der Waals surface area contributed by atoms with E-state index in [1.54, 1.807) is 0 Å². The molecule has 0 aliphatic carbocycles. The zero-order valence-electron chi connectivity index (χ0n) is 8.69. The molecule has 1 atom stereocenters. The highest BCUT2D eigenvalue weighted by molar-refractivity contribution is 6.30. The third-order valence-corrected chi connectivity index (χ3v) is 1.91. The molecule has 15 heavy (non-hydrogen) atoms. The van der Waals surface area contributed by atoms with E-state index >= 15 is 0 Å². The summed E-state index contributed by atoms with van der Waals surface area (Å²) in [6.07, 6.45) is 0.177. The third kappa shape index (κ3) is 9.25. The Balaban J connectivity index is 0.000000262. The summed E-state index contributed by atoms with van der Waals surface area (Å²) >= 11 is 5.54. The van der Waals surface area contributed by atoms with Gasteiger partial charge < -0.3 is 10.8 Å². The molecule has 0 bridgehead atoms. The molecule has 0 saturated carbocycles. The van der Waals surface area contributed by atoms with Crippen molar-refractivity contribution in [2.75, 3.05) is 6.54 Å². The Morgan fingerprint density at radius 3 is 2.20 bits per heavy atom. The lowest BCUT2D eigenvalue weighted by atomic mass is 10.1. The zero-order chi connectivity index (χ0) is 11.7. The summed E-state index contributed by atoms with van der Waals surface area (Å²) in [5.41, 5.74) is 5.16. The molecular weight excluding hydrogens is 214 g/mol. The van der Waals surface area contributed by atoms with Gasteiger partial charge in [-0.15, -0.1) is 0 Å². The van der Waals surface area contributed by atoms with Gasteiger partial charge in [-0.25, -0.2) is 0 Å². The molecule has 84 valence electrons. The van der Waals surface area contributed by atoms with Crippen LogP contribution in [-0.4, -0.2) is 17.6 Å². The smallest absolute Gasteiger partial charge is 0.303 e. The highest BCUT2D eigenvalue weighted by Crippen LogP contribution is 2.03. The fraction of sp³-hybridized carbons (Fsp3) is 0.364. The van der Waals surface area contributed by atoms with E-state index in [4.69, 9.17) is 22.4 Å². The number of carboxylic acids is 1. The quantitative estimate of drug-likeness (QED) is 0.837. The van der Waals surface area contributed by atoms with E-state index in [-0.39, 0.29) is 12.3 Å². The number of rotatable bonds is 3. The topological polar surface area (TPSA) is 63.3 Å². The Morgan fingerprint density at radius 1 is 1.47 bits per heavy atom. The first-order valence-corrected chi connectivity index (χ1v) is 5.06. The SMILES string of the molecule is CC(CN)CC(=O)O.Clc1ccccc1. The van der Waals surface area contributed by atoms with Crippen LogP contribution in [0.2, 0.25) is 5.02 Å². The molecule has 1 rings (SSSR count). The second-order valence-corrected chi connectivity index (χ2v) is 3.67. The summed E-state index contributed by atoms with van der Waals surface area (Å²) in [6.45, 7) is 2.26. The van der Waals surface area contributed by atoms with Crippen molar-refractivity contribution in [1.82, 2.24) is 0 Å². The second-order valence-electron chi connectivity index (χ2n) is 3.23. The monoisotopic (exact) mass is 229 g/mol. The summed E-state index contributed by atoms with van der Waals surface area (Å²) in [5, 5.41) is 8.95. The minimum absolute atomic E-state index is 0.104. The molecule has 0 amide bonds. The molecule has 1 unspecified atom stereocenters. The molecule has 0 spiro atoms. The van der Waals surface area contributed by atoms with Crippen LogP contribution in [0.1, 0.15) is 13.3 Å². The van der Waals surface area contributed by atoms with Crippen LogP contribution in [0.15, 0.2) is 30.3 Å². The number of halogens is 1. The fourth-order valence-corrected chi connectivity index (χ4v) is 0.942. The highest BCUT2D eigenvalue weighted by atomic mass is 35.5. The normalized spacial score (nSPS) is 11.1. The number of nitrogens with two attached hydrogens (primary N) is 1. The Morgan fingerprint density at radius 2 is 2.00 bits per heavy atom. The lowest BCUT2D eigenvalue weighted by Crippen LogP contribution is -2.14. The van der Waals surface area contributed by atoms with Crippen molar-refractivity contribution >= 4 is 17.6 Å². The van der Waals surface area contributed by atoms with Crippen LogP contribution in [0.5, 0.6) is 0 Å². The predicted molar refractivity (Wildman–Crippen MR) is 61.9 cm³/mol. The van der Waals surface area contributed by atoms with E-state index in [9.17, 15) is 4.79 Å². The molecule has 0 saturated heterocycles. The predicted octanol–water partition coefficient (Wildman–Crippen LogP) is 2.40. The van der Waals surface area contributed by atoms with E-state index in [1.165, 1.54) is 0 Å². The number of hydrogen-bond donors (Lipinski definition) is 2. The van der Waals surface area contributed by atoms with Crippen molar-refractivity contribution in [2.24, 2.45) is 11.7 Å². The number of carbonyl (C=O) groups is 1. The number of carboxylic acid groups (broad SMARTS) is 1. The molecule has 1 aromatic rings. The fourth-order valence-electron chi connectivity index (χ4n) is 0.796. The van der Waals surface area contributed by atoms with Crippen molar-refractivity contribution in [1.29, 1.82) is 0 Å². The summed E-state index contributed by atoms with van der Waals surface area (Å²) in [7, 11) is 0. The van der Waals surface area contributed by atoms with Gasteiger partial charge in [0.1, 0.15) is 0 Å². The number of aliphatic carboxylic acids is 1. The van der Waals surface area contributed by atoms with Crippen molar-refractivity contribution in [3.8, 4) is 0 Å². The van der Waals surface area contributed by atoms with Crippen LogP contribution < -0.4 is 5.73 Å². The number of hydrogen-bond acceptors (Lipinski definition) is 2. The molecule has 4 heteroatoms. The molecule has 0 heterocycles. The van der Waals surface area contributed by atoms with Crippen LogP contribution in [0.25, 0.3) is 0 Å². The van der Waals surface area contributed by atoms with Gasteiger partial charge in [0, 0.05) is 11.4 Å². The lowest BCUT2D eigenvalue weighted by molar-refractivity contribution is -0.137. The van der Waals surface area contributed by atoms with Gasteiger partial charge in [0.25, 0.3) is 0 Å².